The molecule has 0 unspecified atom stereocenters. The Morgan fingerprint density at radius 3 is 2.81 bits per heavy atom. The van der Waals surface area contributed by atoms with Crippen molar-refractivity contribution in [3.63, 3.8) is 0 Å². The minimum atomic E-state index is 0.928. The molecule has 0 amide bonds. The Hall–Kier alpha value is -0.890. The minimum absolute atomic E-state index is 0.928. The summed E-state index contributed by atoms with van der Waals surface area (Å²) in [6.07, 6.45) is 10.1. The van der Waals surface area contributed by atoms with Gasteiger partial charge in [0.25, 0.3) is 0 Å². The fourth-order valence-electron chi connectivity index (χ4n) is 2.46. The molecule has 1 aromatic rings. The zero-order valence-corrected chi connectivity index (χ0v) is 9.99. The number of rotatable bonds is 5. The third-order valence-electron chi connectivity index (χ3n) is 3.44. The van der Waals surface area contributed by atoms with Gasteiger partial charge in [-0.3, -0.25) is 4.98 Å². The number of nitrogens with one attached hydrogen (secondary N) is 1. The monoisotopic (exact) mass is 218 g/mol. The highest BCUT2D eigenvalue weighted by molar-refractivity contribution is 5.03. The highest BCUT2D eigenvalue weighted by Gasteiger charge is 2.12. The van der Waals surface area contributed by atoms with Crippen molar-refractivity contribution < 1.29 is 0 Å². The average Bonchev–Trinajstić information content (AvgIpc) is 2.37. The lowest BCUT2D eigenvalue weighted by atomic mass is 9.89. The lowest BCUT2D eigenvalue weighted by molar-refractivity contribution is 0.343. The second-order valence-corrected chi connectivity index (χ2v) is 4.78. The van der Waals surface area contributed by atoms with Crippen LogP contribution in [0.5, 0.6) is 0 Å². The van der Waals surface area contributed by atoms with Crippen LogP contribution < -0.4 is 5.32 Å². The summed E-state index contributed by atoms with van der Waals surface area (Å²) in [6, 6.07) is 6.13. The fraction of sp³-hybridized carbons (Fsp3) is 0.643. The van der Waals surface area contributed by atoms with Gasteiger partial charge in [-0.2, -0.15) is 0 Å². The van der Waals surface area contributed by atoms with Gasteiger partial charge >= 0.3 is 0 Å². The zero-order chi connectivity index (χ0) is 11.1. The van der Waals surface area contributed by atoms with Gasteiger partial charge in [0.15, 0.2) is 0 Å². The quantitative estimate of drug-likeness (QED) is 0.769. The third-order valence-corrected chi connectivity index (χ3v) is 3.44. The van der Waals surface area contributed by atoms with Gasteiger partial charge in [-0.05, 0) is 37.4 Å². The minimum Gasteiger partial charge on any atom is -0.316 e. The summed E-state index contributed by atoms with van der Waals surface area (Å²) < 4.78 is 0. The lowest BCUT2D eigenvalue weighted by Gasteiger charge is -2.21. The molecule has 1 aromatic heterocycles. The van der Waals surface area contributed by atoms with E-state index < -0.39 is 0 Å². The van der Waals surface area contributed by atoms with Crippen LogP contribution in [-0.2, 0) is 6.42 Å². The van der Waals surface area contributed by atoms with Crippen molar-refractivity contribution in [1.29, 1.82) is 0 Å². The second kappa shape index (κ2) is 6.64. The van der Waals surface area contributed by atoms with Gasteiger partial charge in [-0.1, -0.05) is 25.3 Å². The molecule has 1 aliphatic carbocycles. The summed E-state index contributed by atoms with van der Waals surface area (Å²) in [4.78, 5) is 4.32. The molecule has 2 rings (SSSR count). The zero-order valence-electron chi connectivity index (χ0n) is 9.99. The number of pyridine rings is 1. The van der Waals surface area contributed by atoms with Gasteiger partial charge in [0.2, 0.25) is 0 Å². The first-order valence-corrected chi connectivity index (χ1v) is 6.56. The molecule has 0 aliphatic heterocycles. The smallest absolute Gasteiger partial charge is 0.0416 e. The normalized spacial score (nSPS) is 17.5. The van der Waals surface area contributed by atoms with Gasteiger partial charge < -0.3 is 5.32 Å². The maximum Gasteiger partial charge on any atom is 0.0416 e. The van der Waals surface area contributed by atoms with Crippen molar-refractivity contribution in [2.75, 3.05) is 13.1 Å². The fourth-order valence-corrected chi connectivity index (χ4v) is 2.46. The molecular formula is C14H22N2. The van der Waals surface area contributed by atoms with Crippen LogP contribution in [0.3, 0.4) is 0 Å². The van der Waals surface area contributed by atoms with E-state index in [4.69, 9.17) is 0 Å². The topological polar surface area (TPSA) is 24.9 Å². The molecule has 2 heteroatoms. The number of nitrogens with zero attached hydrogens (tertiary/aromatic N) is 1. The molecule has 1 heterocycles. The molecular weight excluding hydrogens is 196 g/mol. The van der Waals surface area contributed by atoms with Crippen LogP contribution in [0, 0.1) is 5.92 Å². The largest absolute Gasteiger partial charge is 0.316 e. The summed E-state index contributed by atoms with van der Waals surface area (Å²) >= 11 is 0. The van der Waals surface area contributed by atoms with Crippen molar-refractivity contribution in [1.82, 2.24) is 10.3 Å². The van der Waals surface area contributed by atoms with E-state index >= 15 is 0 Å². The van der Waals surface area contributed by atoms with E-state index in [1.54, 1.807) is 0 Å². The van der Waals surface area contributed by atoms with Gasteiger partial charge in [-0.15, -0.1) is 0 Å². The van der Waals surface area contributed by atoms with Crippen molar-refractivity contribution in [3.05, 3.63) is 30.1 Å². The molecule has 0 spiro atoms. The SMILES string of the molecule is c1ccc(CCNCC2CCCCC2)nc1. The van der Waals surface area contributed by atoms with Crippen molar-refractivity contribution in [2.24, 2.45) is 5.92 Å². The van der Waals surface area contributed by atoms with Crippen molar-refractivity contribution in [3.8, 4) is 0 Å². The average molecular weight is 218 g/mol. The van der Waals surface area contributed by atoms with E-state index in [1.807, 2.05) is 12.3 Å². The first-order chi connectivity index (χ1) is 7.95. The Morgan fingerprint density at radius 2 is 2.06 bits per heavy atom. The van der Waals surface area contributed by atoms with E-state index in [-0.39, 0.29) is 0 Å². The molecule has 2 nitrogen and oxygen atoms in total. The van der Waals surface area contributed by atoms with Crippen LogP contribution >= 0.6 is 0 Å². The molecule has 88 valence electrons. The van der Waals surface area contributed by atoms with Crippen molar-refractivity contribution >= 4 is 0 Å². The molecule has 1 saturated carbocycles. The van der Waals surface area contributed by atoms with Crippen LogP contribution in [0.15, 0.2) is 24.4 Å². The van der Waals surface area contributed by atoms with Gasteiger partial charge in [0.05, 0.1) is 0 Å². The Kier molecular flexibility index (Phi) is 4.81. The molecule has 1 N–H and O–H groups in total. The predicted molar refractivity (Wildman–Crippen MR) is 67.4 cm³/mol. The van der Waals surface area contributed by atoms with E-state index in [9.17, 15) is 0 Å². The van der Waals surface area contributed by atoms with Crippen LogP contribution in [0.1, 0.15) is 37.8 Å². The van der Waals surface area contributed by atoms with Crippen LogP contribution in [0.25, 0.3) is 0 Å². The molecule has 16 heavy (non-hydrogen) atoms. The lowest BCUT2D eigenvalue weighted by Crippen LogP contribution is -2.26. The summed E-state index contributed by atoms with van der Waals surface area (Å²) in [7, 11) is 0. The first-order valence-electron chi connectivity index (χ1n) is 6.56. The summed E-state index contributed by atoms with van der Waals surface area (Å²) in [5.41, 5.74) is 1.19. The molecule has 1 fully saturated rings. The molecule has 0 radical (unpaired) electrons. The standard InChI is InChI=1S/C14H22N2/c1-2-6-13(7-3-1)12-15-11-9-14-8-4-5-10-16-14/h4-5,8,10,13,15H,1-3,6-7,9,11-12H2. The third kappa shape index (κ3) is 3.93. The molecule has 1 aliphatic rings. The van der Waals surface area contributed by atoms with E-state index in [2.05, 4.69) is 22.4 Å². The summed E-state index contributed by atoms with van der Waals surface area (Å²) in [5, 5.41) is 3.56. The number of hydrogen-bond donors (Lipinski definition) is 1. The molecule has 0 saturated heterocycles. The van der Waals surface area contributed by atoms with E-state index in [1.165, 1.54) is 44.3 Å². The Balaban J connectivity index is 1.58. The predicted octanol–water partition coefficient (Wildman–Crippen LogP) is 2.79. The highest BCUT2D eigenvalue weighted by Crippen LogP contribution is 2.22. The molecule has 0 atom stereocenters. The van der Waals surface area contributed by atoms with E-state index in [0.717, 1.165) is 18.9 Å². The number of hydrogen-bond acceptors (Lipinski definition) is 2. The Morgan fingerprint density at radius 1 is 1.19 bits per heavy atom. The second-order valence-electron chi connectivity index (χ2n) is 4.78. The number of aromatic nitrogens is 1. The van der Waals surface area contributed by atoms with Crippen molar-refractivity contribution in [2.45, 2.75) is 38.5 Å². The van der Waals surface area contributed by atoms with Crippen LogP contribution in [0.2, 0.25) is 0 Å². The highest BCUT2D eigenvalue weighted by atomic mass is 14.9. The summed E-state index contributed by atoms with van der Waals surface area (Å²) in [6.45, 7) is 2.26. The Bertz CT molecular complexity index is 278. The van der Waals surface area contributed by atoms with E-state index in [0.29, 0.717) is 0 Å². The van der Waals surface area contributed by atoms with Gasteiger partial charge in [0, 0.05) is 24.9 Å². The van der Waals surface area contributed by atoms with Crippen LogP contribution in [0.4, 0.5) is 0 Å². The van der Waals surface area contributed by atoms with Crippen LogP contribution in [-0.4, -0.2) is 18.1 Å². The summed E-state index contributed by atoms with van der Waals surface area (Å²) in [5.74, 6) is 0.928. The molecule has 0 bridgehead atoms. The Labute approximate surface area is 98.5 Å². The maximum absolute atomic E-state index is 4.32. The van der Waals surface area contributed by atoms with Gasteiger partial charge in [0.1, 0.15) is 0 Å². The maximum atomic E-state index is 4.32. The van der Waals surface area contributed by atoms with Gasteiger partial charge in [-0.25, -0.2) is 0 Å². The molecule has 0 aromatic carbocycles. The first kappa shape index (κ1) is 11.6.